The van der Waals surface area contributed by atoms with Gasteiger partial charge >= 0.3 is 0 Å². The summed E-state index contributed by atoms with van der Waals surface area (Å²) >= 11 is 0. The first kappa shape index (κ1) is 11.1. The number of hydrogen-bond acceptors (Lipinski definition) is 4. The van der Waals surface area contributed by atoms with Gasteiger partial charge in [0, 0.05) is 12.1 Å². The second-order valence-electron chi connectivity index (χ2n) is 4.75. The molecule has 1 aliphatic rings. The van der Waals surface area contributed by atoms with Gasteiger partial charge in [-0.3, -0.25) is 0 Å². The number of aryl methyl sites for hydroxylation is 2. The van der Waals surface area contributed by atoms with Crippen molar-refractivity contribution in [2.45, 2.75) is 32.1 Å². The Morgan fingerprint density at radius 2 is 1.67 bits per heavy atom. The predicted octanol–water partition coefficient (Wildman–Crippen LogP) is 1.92. The Hall–Kier alpha value is -1.97. The molecule has 4 nitrogen and oxygen atoms in total. The van der Waals surface area contributed by atoms with Crippen LogP contribution < -0.4 is 5.73 Å². The van der Waals surface area contributed by atoms with E-state index in [9.17, 15) is 0 Å². The maximum absolute atomic E-state index is 5.67. The zero-order chi connectivity index (χ0) is 12.4. The van der Waals surface area contributed by atoms with Crippen molar-refractivity contribution in [2.24, 2.45) is 0 Å². The van der Waals surface area contributed by atoms with E-state index in [1.54, 1.807) is 0 Å². The minimum Gasteiger partial charge on any atom is -0.399 e. The van der Waals surface area contributed by atoms with Crippen molar-refractivity contribution in [3.8, 4) is 0 Å². The Morgan fingerprint density at radius 3 is 2.44 bits per heavy atom. The number of hydrogen-bond donors (Lipinski definition) is 1. The van der Waals surface area contributed by atoms with Gasteiger partial charge in [-0.25, -0.2) is 4.98 Å². The molecular formula is C14H16N4. The third kappa shape index (κ3) is 2.32. The Kier molecular flexibility index (Phi) is 2.92. The molecule has 18 heavy (non-hydrogen) atoms. The lowest BCUT2D eigenvalue weighted by atomic mass is 10.0. The van der Waals surface area contributed by atoms with Crippen LogP contribution >= 0.6 is 0 Å². The maximum atomic E-state index is 5.67. The highest BCUT2D eigenvalue weighted by molar-refractivity contribution is 5.39. The molecule has 0 saturated carbocycles. The van der Waals surface area contributed by atoms with Gasteiger partial charge in [0.15, 0.2) is 5.82 Å². The van der Waals surface area contributed by atoms with Crippen LogP contribution in [0.25, 0.3) is 0 Å². The molecule has 1 aliphatic carbocycles. The first-order valence-corrected chi connectivity index (χ1v) is 6.37. The summed E-state index contributed by atoms with van der Waals surface area (Å²) in [5, 5.41) is 8.51. The number of aromatic nitrogens is 3. The standard InChI is InChI=1S/C14H16N4/c15-11-7-5-10(6-8-11)9-14-16-12-3-1-2-4-13(12)17-18-14/h5-8H,1-4,9,15H2. The van der Waals surface area contributed by atoms with Crippen LogP contribution in [-0.2, 0) is 19.3 Å². The van der Waals surface area contributed by atoms with Gasteiger partial charge in [0.1, 0.15) is 0 Å². The molecule has 0 bridgehead atoms. The predicted molar refractivity (Wildman–Crippen MR) is 70.1 cm³/mol. The Bertz CT molecular complexity index is 548. The van der Waals surface area contributed by atoms with Crippen molar-refractivity contribution in [2.75, 3.05) is 5.73 Å². The van der Waals surface area contributed by atoms with E-state index in [0.29, 0.717) is 0 Å². The summed E-state index contributed by atoms with van der Waals surface area (Å²) in [6.07, 6.45) is 5.21. The van der Waals surface area contributed by atoms with Crippen molar-refractivity contribution in [3.63, 3.8) is 0 Å². The Morgan fingerprint density at radius 1 is 0.944 bits per heavy atom. The fourth-order valence-electron chi connectivity index (χ4n) is 2.29. The van der Waals surface area contributed by atoms with Gasteiger partial charge in [0.05, 0.1) is 11.4 Å². The molecule has 0 radical (unpaired) electrons. The molecule has 0 aliphatic heterocycles. The molecule has 0 spiro atoms. The summed E-state index contributed by atoms with van der Waals surface area (Å²) < 4.78 is 0. The third-order valence-electron chi connectivity index (χ3n) is 3.30. The van der Waals surface area contributed by atoms with Gasteiger partial charge in [-0.2, -0.15) is 5.10 Å². The van der Waals surface area contributed by atoms with Crippen LogP contribution in [-0.4, -0.2) is 15.2 Å². The number of nitrogens with two attached hydrogens (primary N) is 1. The number of fused-ring (bicyclic) bond motifs is 1. The van der Waals surface area contributed by atoms with Gasteiger partial charge in [-0.15, -0.1) is 5.10 Å². The molecule has 0 amide bonds. The lowest BCUT2D eigenvalue weighted by molar-refractivity contribution is 0.621. The van der Waals surface area contributed by atoms with E-state index in [1.165, 1.54) is 18.4 Å². The van der Waals surface area contributed by atoms with Crippen LogP contribution in [0.2, 0.25) is 0 Å². The molecule has 2 N–H and O–H groups in total. The minimum atomic E-state index is 0.723. The van der Waals surface area contributed by atoms with E-state index in [-0.39, 0.29) is 0 Å². The van der Waals surface area contributed by atoms with Crippen molar-refractivity contribution in [1.82, 2.24) is 15.2 Å². The molecule has 4 heteroatoms. The molecule has 0 saturated heterocycles. The molecule has 2 aromatic rings. The fraction of sp³-hybridized carbons (Fsp3) is 0.357. The SMILES string of the molecule is Nc1ccc(Cc2nnc3c(n2)CCCC3)cc1. The zero-order valence-corrected chi connectivity index (χ0v) is 10.3. The van der Waals surface area contributed by atoms with Gasteiger partial charge in [-0.1, -0.05) is 12.1 Å². The van der Waals surface area contributed by atoms with Gasteiger partial charge in [0.2, 0.25) is 0 Å². The highest BCUT2D eigenvalue weighted by atomic mass is 15.2. The second kappa shape index (κ2) is 4.72. The van der Waals surface area contributed by atoms with E-state index in [0.717, 1.165) is 42.2 Å². The molecular weight excluding hydrogens is 224 g/mol. The first-order valence-electron chi connectivity index (χ1n) is 6.37. The summed E-state index contributed by atoms with van der Waals surface area (Å²) in [6, 6.07) is 7.83. The molecule has 1 aromatic carbocycles. The third-order valence-corrected chi connectivity index (χ3v) is 3.30. The van der Waals surface area contributed by atoms with Crippen molar-refractivity contribution < 1.29 is 0 Å². The lowest BCUT2D eigenvalue weighted by Crippen LogP contribution is -2.12. The lowest BCUT2D eigenvalue weighted by Gasteiger charge is -2.13. The van der Waals surface area contributed by atoms with Crippen LogP contribution in [0.4, 0.5) is 5.69 Å². The Labute approximate surface area is 106 Å². The van der Waals surface area contributed by atoms with E-state index in [4.69, 9.17) is 5.73 Å². The number of anilines is 1. The van der Waals surface area contributed by atoms with Crippen LogP contribution in [0.15, 0.2) is 24.3 Å². The number of rotatable bonds is 2. The molecule has 1 aromatic heterocycles. The normalized spacial score (nSPS) is 14.2. The summed E-state index contributed by atoms with van der Waals surface area (Å²) in [5.74, 6) is 0.806. The van der Waals surface area contributed by atoms with Gasteiger partial charge in [-0.05, 0) is 43.4 Å². The quantitative estimate of drug-likeness (QED) is 0.814. The van der Waals surface area contributed by atoms with Gasteiger partial charge < -0.3 is 5.73 Å². The summed E-state index contributed by atoms with van der Waals surface area (Å²) in [6.45, 7) is 0. The van der Waals surface area contributed by atoms with Crippen LogP contribution in [0.5, 0.6) is 0 Å². The van der Waals surface area contributed by atoms with E-state index in [1.807, 2.05) is 24.3 Å². The van der Waals surface area contributed by atoms with Crippen LogP contribution in [0.1, 0.15) is 35.6 Å². The maximum Gasteiger partial charge on any atom is 0.155 e. The summed E-state index contributed by atoms with van der Waals surface area (Å²) in [4.78, 5) is 4.63. The van der Waals surface area contributed by atoms with E-state index >= 15 is 0 Å². The number of nitrogen functional groups attached to an aromatic ring is 1. The number of nitrogens with zero attached hydrogens (tertiary/aromatic N) is 3. The zero-order valence-electron chi connectivity index (χ0n) is 10.3. The topological polar surface area (TPSA) is 64.7 Å². The molecule has 0 atom stereocenters. The van der Waals surface area contributed by atoms with Crippen LogP contribution in [0, 0.1) is 0 Å². The first-order chi connectivity index (χ1) is 8.81. The average Bonchev–Trinajstić information content (AvgIpc) is 2.41. The average molecular weight is 240 g/mol. The summed E-state index contributed by atoms with van der Waals surface area (Å²) in [5.41, 5.74) is 9.84. The second-order valence-corrected chi connectivity index (χ2v) is 4.75. The smallest absolute Gasteiger partial charge is 0.155 e. The molecule has 0 unspecified atom stereocenters. The Balaban J connectivity index is 1.82. The molecule has 1 heterocycles. The monoisotopic (exact) mass is 240 g/mol. The van der Waals surface area contributed by atoms with E-state index in [2.05, 4.69) is 15.2 Å². The fourth-order valence-corrected chi connectivity index (χ4v) is 2.29. The van der Waals surface area contributed by atoms with Crippen molar-refractivity contribution in [1.29, 1.82) is 0 Å². The molecule has 3 rings (SSSR count). The van der Waals surface area contributed by atoms with Crippen molar-refractivity contribution in [3.05, 3.63) is 47.0 Å². The molecule has 92 valence electrons. The highest BCUT2D eigenvalue weighted by Crippen LogP contribution is 2.17. The largest absolute Gasteiger partial charge is 0.399 e. The number of benzene rings is 1. The van der Waals surface area contributed by atoms with E-state index < -0.39 is 0 Å². The highest BCUT2D eigenvalue weighted by Gasteiger charge is 2.13. The summed E-state index contributed by atoms with van der Waals surface area (Å²) in [7, 11) is 0. The van der Waals surface area contributed by atoms with Crippen molar-refractivity contribution >= 4 is 5.69 Å². The minimum absolute atomic E-state index is 0.723. The molecule has 0 fully saturated rings. The van der Waals surface area contributed by atoms with Crippen LogP contribution in [0.3, 0.4) is 0 Å². The van der Waals surface area contributed by atoms with Gasteiger partial charge in [0.25, 0.3) is 0 Å².